The van der Waals surface area contributed by atoms with Gasteiger partial charge in [0, 0.05) is 0 Å². The fraction of sp³-hybridized carbons (Fsp3) is 0.692. The Hall–Kier alpha value is -0.830. The van der Waals surface area contributed by atoms with Gasteiger partial charge in [-0.1, -0.05) is 38.8 Å². The summed E-state index contributed by atoms with van der Waals surface area (Å²) in [5, 5.41) is 0.515. The fourth-order valence-electron chi connectivity index (χ4n) is 1.62. The van der Waals surface area contributed by atoms with Crippen LogP contribution in [-0.4, -0.2) is 16.6 Å². The molecule has 0 unspecified atom stereocenters. The molecule has 0 N–H and O–H groups in total. The van der Waals surface area contributed by atoms with E-state index in [0.717, 1.165) is 24.8 Å². The van der Waals surface area contributed by atoms with Gasteiger partial charge in [0.25, 0.3) is 0 Å². The molecular weight excluding hydrogens is 236 g/mol. The Bertz CT molecular complexity index is 342. The van der Waals surface area contributed by atoms with Crippen LogP contribution in [-0.2, 0) is 6.42 Å². The molecule has 3 nitrogen and oxygen atoms in total. The molecule has 0 saturated heterocycles. The van der Waals surface area contributed by atoms with Gasteiger partial charge in [0.15, 0.2) is 0 Å². The van der Waals surface area contributed by atoms with E-state index < -0.39 is 0 Å². The lowest BCUT2D eigenvalue weighted by Gasteiger charge is -2.11. The van der Waals surface area contributed by atoms with Crippen LogP contribution in [0.4, 0.5) is 0 Å². The van der Waals surface area contributed by atoms with Crippen molar-refractivity contribution in [3.8, 4) is 5.88 Å². The molecule has 1 aromatic rings. The molecule has 0 saturated carbocycles. The quantitative estimate of drug-likeness (QED) is 0.548. The molecule has 0 aliphatic rings. The van der Waals surface area contributed by atoms with Crippen LogP contribution < -0.4 is 4.74 Å². The monoisotopic (exact) mass is 256 g/mol. The Kier molecular flexibility index (Phi) is 6.27. The molecule has 96 valence electrons. The summed E-state index contributed by atoms with van der Waals surface area (Å²) in [5.41, 5.74) is 0.932. The third-order valence-electron chi connectivity index (χ3n) is 2.52. The molecule has 0 fully saturated rings. The Morgan fingerprint density at radius 2 is 2.12 bits per heavy atom. The van der Waals surface area contributed by atoms with E-state index in [4.69, 9.17) is 16.3 Å². The predicted octanol–water partition coefficient (Wildman–Crippen LogP) is 3.90. The van der Waals surface area contributed by atoms with Crippen molar-refractivity contribution in [3.05, 3.63) is 17.0 Å². The summed E-state index contributed by atoms with van der Waals surface area (Å²) in [4.78, 5) is 8.15. The van der Waals surface area contributed by atoms with Gasteiger partial charge in [0.2, 0.25) is 5.88 Å². The lowest BCUT2D eigenvalue weighted by Crippen LogP contribution is -2.05. The highest BCUT2D eigenvalue weighted by atomic mass is 35.5. The number of nitrogens with zero attached hydrogens (tertiary/aromatic N) is 2. The largest absolute Gasteiger partial charge is 0.477 e. The molecule has 0 atom stereocenters. The van der Waals surface area contributed by atoms with Crippen molar-refractivity contribution in [2.24, 2.45) is 5.92 Å². The van der Waals surface area contributed by atoms with Crippen LogP contribution >= 0.6 is 11.6 Å². The van der Waals surface area contributed by atoms with Crippen molar-refractivity contribution in [1.29, 1.82) is 0 Å². The molecule has 0 spiro atoms. The maximum absolute atomic E-state index is 6.04. The number of hydrogen-bond acceptors (Lipinski definition) is 3. The van der Waals surface area contributed by atoms with Crippen LogP contribution in [0.5, 0.6) is 5.88 Å². The van der Waals surface area contributed by atoms with Crippen molar-refractivity contribution < 1.29 is 4.74 Å². The van der Waals surface area contributed by atoms with Crippen LogP contribution in [0.2, 0.25) is 5.15 Å². The second kappa shape index (κ2) is 7.49. The van der Waals surface area contributed by atoms with Crippen molar-refractivity contribution in [3.63, 3.8) is 0 Å². The van der Waals surface area contributed by atoms with Crippen LogP contribution in [0.15, 0.2) is 6.33 Å². The van der Waals surface area contributed by atoms with Gasteiger partial charge in [-0.2, -0.15) is 0 Å². The van der Waals surface area contributed by atoms with E-state index in [1.165, 1.54) is 12.7 Å². The molecule has 0 aliphatic carbocycles. The Morgan fingerprint density at radius 1 is 1.35 bits per heavy atom. The van der Waals surface area contributed by atoms with Gasteiger partial charge in [0.1, 0.15) is 11.5 Å². The lowest BCUT2D eigenvalue weighted by atomic mass is 10.1. The topological polar surface area (TPSA) is 35.0 Å². The summed E-state index contributed by atoms with van der Waals surface area (Å²) in [6, 6.07) is 0. The van der Waals surface area contributed by atoms with Crippen molar-refractivity contribution in [1.82, 2.24) is 9.97 Å². The van der Waals surface area contributed by atoms with E-state index in [9.17, 15) is 0 Å². The summed E-state index contributed by atoms with van der Waals surface area (Å²) < 4.78 is 5.69. The highest BCUT2D eigenvalue weighted by Gasteiger charge is 2.10. The smallest absolute Gasteiger partial charge is 0.221 e. The average molecular weight is 257 g/mol. The van der Waals surface area contributed by atoms with Gasteiger partial charge in [0.05, 0.1) is 12.2 Å². The van der Waals surface area contributed by atoms with Crippen LogP contribution in [0.3, 0.4) is 0 Å². The van der Waals surface area contributed by atoms with E-state index >= 15 is 0 Å². The number of halogens is 1. The minimum Gasteiger partial charge on any atom is -0.477 e. The molecule has 17 heavy (non-hydrogen) atoms. The summed E-state index contributed by atoms with van der Waals surface area (Å²) in [7, 11) is 0. The molecule has 1 rings (SSSR count). The number of aromatic nitrogens is 2. The number of hydrogen-bond donors (Lipinski definition) is 0. The zero-order valence-electron chi connectivity index (χ0n) is 10.9. The Labute approximate surface area is 109 Å². The third kappa shape index (κ3) is 4.90. The summed E-state index contributed by atoms with van der Waals surface area (Å²) in [6.07, 6.45) is 5.54. The van der Waals surface area contributed by atoms with E-state index in [-0.39, 0.29) is 0 Å². The Balaban J connectivity index is 2.54. The molecule has 0 aliphatic heterocycles. The maximum Gasteiger partial charge on any atom is 0.221 e. The van der Waals surface area contributed by atoms with E-state index in [1.807, 2.05) is 0 Å². The van der Waals surface area contributed by atoms with Gasteiger partial charge in [-0.15, -0.1) is 0 Å². The van der Waals surface area contributed by atoms with Crippen molar-refractivity contribution in [2.75, 3.05) is 6.61 Å². The van der Waals surface area contributed by atoms with Crippen LogP contribution in [0, 0.1) is 5.92 Å². The lowest BCUT2D eigenvalue weighted by molar-refractivity contribution is 0.283. The zero-order chi connectivity index (χ0) is 12.7. The molecule has 0 amide bonds. The van der Waals surface area contributed by atoms with Gasteiger partial charge in [-0.25, -0.2) is 9.97 Å². The average Bonchev–Trinajstić information content (AvgIpc) is 2.28. The van der Waals surface area contributed by atoms with Crippen LogP contribution in [0.25, 0.3) is 0 Å². The highest BCUT2D eigenvalue weighted by molar-refractivity contribution is 6.30. The summed E-state index contributed by atoms with van der Waals surface area (Å²) in [5.74, 6) is 1.36. The molecule has 0 aromatic carbocycles. The van der Waals surface area contributed by atoms with E-state index in [2.05, 4.69) is 30.7 Å². The summed E-state index contributed by atoms with van der Waals surface area (Å²) in [6.45, 7) is 7.22. The normalized spacial score (nSPS) is 10.9. The van der Waals surface area contributed by atoms with E-state index in [1.54, 1.807) is 0 Å². The molecule has 1 aromatic heterocycles. The SMILES string of the molecule is CCCc1c(Cl)ncnc1OCCCC(C)C. The zero-order valence-corrected chi connectivity index (χ0v) is 11.6. The molecule has 1 heterocycles. The van der Waals surface area contributed by atoms with Crippen molar-refractivity contribution in [2.45, 2.75) is 46.5 Å². The van der Waals surface area contributed by atoms with E-state index in [0.29, 0.717) is 23.6 Å². The minimum atomic E-state index is 0.515. The van der Waals surface area contributed by atoms with Gasteiger partial charge in [-0.05, 0) is 25.2 Å². The van der Waals surface area contributed by atoms with Crippen molar-refractivity contribution >= 4 is 11.6 Å². The number of ether oxygens (including phenoxy) is 1. The maximum atomic E-state index is 6.04. The summed E-state index contributed by atoms with van der Waals surface area (Å²) >= 11 is 6.04. The fourth-order valence-corrected chi connectivity index (χ4v) is 1.84. The molecular formula is C13H21ClN2O. The second-order valence-corrected chi connectivity index (χ2v) is 4.94. The third-order valence-corrected chi connectivity index (χ3v) is 2.84. The molecule has 0 bridgehead atoms. The van der Waals surface area contributed by atoms with Gasteiger partial charge < -0.3 is 4.74 Å². The Morgan fingerprint density at radius 3 is 2.76 bits per heavy atom. The van der Waals surface area contributed by atoms with Crippen LogP contribution in [0.1, 0.15) is 45.6 Å². The standard InChI is InChI=1S/C13H21ClN2O/c1-4-6-11-12(14)15-9-16-13(11)17-8-5-7-10(2)3/h9-10H,4-8H2,1-3H3. The number of rotatable bonds is 7. The first-order valence-corrected chi connectivity index (χ1v) is 6.65. The highest BCUT2D eigenvalue weighted by Crippen LogP contribution is 2.23. The predicted molar refractivity (Wildman–Crippen MR) is 70.6 cm³/mol. The first kappa shape index (κ1) is 14.2. The second-order valence-electron chi connectivity index (χ2n) is 4.58. The minimum absolute atomic E-state index is 0.515. The first-order valence-electron chi connectivity index (χ1n) is 6.27. The van der Waals surface area contributed by atoms with Gasteiger partial charge in [-0.3, -0.25) is 0 Å². The first-order chi connectivity index (χ1) is 8.15. The molecule has 4 heteroatoms. The van der Waals surface area contributed by atoms with Gasteiger partial charge >= 0.3 is 0 Å². The molecule has 0 radical (unpaired) electrons.